The zero-order valence-corrected chi connectivity index (χ0v) is 9.64. The molecule has 1 rings (SSSR count). The van der Waals surface area contributed by atoms with E-state index < -0.39 is 17.8 Å². The number of rotatable bonds is 3. The number of hydrogen-bond donors (Lipinski definition) is 2. The highest BCUT2D eigenvalue weighted by atomic mass is 35.5. The minimum Gasteiger partial charge on any atom is -0.495 e. The largest absolute Gasteiger partial charge is 0.495 e. The fraction of sp³-hybridized carbons (Fsp3) is 0.400. The molecule has 0 aliphatic carbocycles. The van der Waals surface area contributed by atoms with Crippen molar-refractivity contribution < 1.29 is 23.0 Å². The Labute approximate surface area is 101 Å². The maximum Gasteiger partial charge on any atom is 0.416 e. The number of hydrogen-bond acceptors (Lipinski definition) is 3. The lowest BCUT2D eigenvalue weighted by Gasteiger charge is -2.17. The lowest BCUT2D eigenvalue weighted by Crippen LogP contribution is -2.15. The number of halogens is 4. The summed E-state index contributed by atoms with van der Waals surface area (Å²) in [5.74, 6) is -0.00221. The second kappa shape index (κ2) is 5.12. The molecule has 17 heavy (non-hydrogen) atoms. The van der Waals surface area contributed by atoms with Crippen LogP contribution in [0, 0.1) is 0 Å². The van der Waals surface area contributed by atoms with Gasteiger partial charge in [-0.1, -0.05) is 11.6 Å². The molecule has 0 amide bonds. The van der Waals surface area contributed by atoms with Crippen LogP contribution in [0.4, 0.5) is 13.2 Å². The van der Waals surface area contributed by atoms with Crippen LogP contribution < -0.4 is 10.5 Å². The highest BCUT2D eigenvalue weighted by molar-refractivity contribution is 6.32. The molecule has 0 radical (unpaired) electrons. The Hall–Kier alpha value is -0.980. The number of nitrogens with two attached hydrogens (primary N) is 1. The van der Waals surface area contributed by atoms with Crippen molar-refractivity contribution in [2.45, 2.75) is 12.3 Å². The van der Waals surface area contributed by atoms with Crippen LogP contribution in [0.5, 0.6) is 5.75 Å². The minimum atomic E-state index is -4.54. The number of benzene rings is 1. The molecule has 0 bridgehead atoms. The van der Waals surface area contributed by atoms with Crippen molar-refractivity contribution in [2.24, 2.45) is 5.73 Å². The summed E-state index contributed by atoms with van der Waals surface area (Å²) in [5.41, 5.74) is 4.18. The lowest BCUT2D eigenvalue weighted by atomic mass is 10.0. The molecule has 1 aromatic rings. The first kappa shape index (κ1) is 14.1. The van der Waals surface area contributed by atoms with E-state index >= 15 is 0 Å². The van der Waals surface area contributed by atoms with Crippen LogP contribution in [-0.2, 0) is 6.18 Å². The molecule has 0 spiro atoms. The smallest absolute Gasteiger partial charge is 0.416 e. The summed E-state index contributed by atoms with van der Waals surface area (Å²) in [6, 6.07) is 1.52. The average molecular weight is 270 g/mol. The Kier molecular flexibility index (Phi) is 4.24. The molecule has 0 saturated carbocycles. The van der Waals surface area contributed by atoms with Crippen LogP contribution in [0.25, 0.3) is 0 Å². The Balaban J connectivity index is 3.39. The monoisotopic (exact) mass is 269 g/mol. The quantitative estimate of drug-likeness (QED) is 0.886. The van der Waals surface area contributed by atoms with Crippen LogP contribution in [0.1, 0.15) is 17.2 Å². The van der Waals surface area contributed by atoms with Crippen molar-refractivity contribution in [3.8, 4) is 5.75 Å². The second-order valence-corrected chi connectivity index (χ2v) is 3.74. The van der Waals surface area contributed by atoms with Crippen LogP contribution in [0.2, 0.25) is 5.02 Å². The van der Waals surface area contributed by atoms with Crippen LogP contribution in [0.15, 0.2) is 12.1 Å². The Morgan fingerprint density at radius 1 is 1.47 bits per heavy atom. The summed E-state index contributed by atoms with van der Waals surface area (Å²) in [4.78, 5) is 0. The van der Waals surface area contributed by atoms with E-state index in [0.29, 0.717) is 0 Å². The molecule has 0 aliphatic heterocycles. The van der Waals surface area contributed by atoms with Crippen molar-refractivity contribution in [1.29, 1.82) is 0 Å². The summed E-state index contributed by atoms with van der Waals surface area (Å²) in [6.07, 6.45) is -5.80. The standard InChI is InChI=1S/C10H11ClF3NO2/c1-17-9-6(8(16)4-15)2-5(3-7(9)11)10(12,13)14/h2-3,8,16H,4,15H2,1H3. The van der Waals surface area contributed by atoms with Crippen molar-refractivity contribution in [3.05, 3.63) is 28.3 Å². The van der Waals surface area contributed by atoms with Crippen molar-refractivity contribution in [3.63, 3.8) is 0 Å². The molecule has 3 nitrogen and oxygen atoms in total. The first-order chi connectivity index (χ1) is 7.81. The van der Waals surface area contributed by atoms with Crippen LogP contribution >= 0.6 is 11.6 Å². The van der Waals surface area contributed by atoms with Crippen LogP contribution in [-0.4, -0.2) is 18.8 Å². The summed E-state index contributed by atoms with van der Waals surface area (Å²) in [5, 5.41) is 9.31. The zero-order chi connectivity index (χ0) is 13.2. The number of alkyl halides is 3. The second-order valence-electron chi connectivity index (χ2n) is 3.33. The van der Waals surface area contributed by atoms with Gasteiger partial charge in [0, 0.05) is 12.1 Å². The summed E-state index contributed by atoms with van der Waals surface area (Å²) >= 11 is 5.66. The average Bonchev–Trinajstić information content (AvgIpc) is 2.25. The molecule has 1 unspecified atom stereocenters. The fourth-order valence-corrected chi connectivity index (χ4v) is 1.67. The molecule has 3 N–H and O–H groups in total. The zero-order valence-electron chi connectivity index (χ0n) is 8.88. The number of aliphatic hydroxyl groups excluding tert-OH is 1. The van der Waals surface area contributed by atoms with Crippen molar-refractivity contribution >= 4 is 11.6 Å². The van der Waals surface area contributed by atoms with E-state index in [1.807, 2.05) is 0 Å². The van der Waals surface area contributed by atoms with Gasteiger partial charge in [-0.25, -0.2) is 0 Å². The first-order valence-corrected chi connectivity index (χ1v) is 5.01. The maximum atomic E-state index is 12.5. The topological polar surface area (TPSA) is 55.5 Å². The predicted octanol–water partition coefficient (Wildman–Crippen LogP) is 2.36. The minimum absolute atomic E-state index is 0.00221. The van der Waals surface area contributed by atoms with E-state index in [2.05, 4.69) is 0 Å². The molecule has 0 saturated heterocycles. The predicted molar refractivity (Wildman–Crippen MR) is 57.0 cm³/mol. The SMILES string of the molecule is COc1c(Cl)cc(C(F)(F)F)cc1C(O)CN. The van der Waals surface area contributed by atoms with Gasteiger partial charge in [0.05, 0.1) is 23.8 Å². The van der Waals surface area contributed by atoms with E-state index in [0.717, 1.165) is 12.1 Å². The number of aliphatic hydroxyl groups is 1. The van der Waals surface area contributed by atoms with Gasteiger partial charge < -0.3 is 15.6 Å². The van der Waals surface area contributed by atoms with Gasteiger partial charge in [0.1, 0.15) is 5.75 Å². The fourth-order valence-electron chi connectivity index (χ4n) is 1.37. The van der Waals surface area contributed by atoms with Crippen LogP contribution in [0.3, 0.4) is 0 Å². The molecule has 96 valence electrons. The van der Waals surface area contributed by atoms with Crippen molar-refractivity contribution in [1.82, 2.24) is 0 Å². The van der Waals surface area contributed by atoms with E-state index in [4.69, 9.17) is 22.1 Å². The third-order valence-corrected chi connectivity index (χ3v) is 2.47. The summed E-state index contributed by atoms with van der Waals surface area (Å²) in [7, 11) is 1.25. The van der Waals surface area contributed by atoms with Gasteiger partial charge in [0.15, 0.2) is 0 Å². The molecule has 0 aliphatic rings. The molecule has 7 heteroatoms. The molecular formula is C10H11ClF3NO2. The lowest BCUT2D eigenvalue weighted by molar-refractivity contribution is -0.137. The first-order valence-electron chi connectivity index (χ1n) is 4.64. The van der Waals surface area contributed by atoms with E-state index in [-0.39, 0.29) is 22.9 Å². The third kappa shape index (κ3) is 3.02. The Morgan fingerprint density at radius 3 is 2.47 bits per heavy atom. The number of ether oxygens (including phenoxy) is 1. The normalized spacial score (nSPS) is 13.6. The van der Waals surface area contributed by atoms with E-state index in [9.17, 15) is 18.3 Å². The molecule has 1 aromatic carbocycles. The molecule has 0 heterocycles. The van der Waals surface area contributed by atoms with Gasteiger partial charge >= 0.3 is 6.18 Å². The summed E-state index contributed by atoms with van der Waals surface area (Å²) in [6.45, 7) is -0.228. The van der Waals surface area contributed by atoms with E-state index in [1.54, 1.807) is 0 Å². The van der Waals surface area contributed by atoms with Gasteiger partial charge in [-0.2, -0.15) is 13.2 Å². The Morgan fingerprint density at radius 2 is 2.06 bits per heavy atom. The molecule has 1 atom stereocenters. The highest BCUT2D eigenvalue weighted by Crippen LogP contribution is 2.39. The third-order valence-electron chi connectivity index (χ3n) is 2.19. The van der Waals surface area contributed by atoms with Gasteiger partial charge in [-0.05, 0) is 12.1 Å². The summed E-state index contributed by atoms with van der Waals surface area (Å²) < 4.78 is 42.5. The van der Waals surface area contributed by atoms with Gasteiger partial charge in [0.25, 0.3) is 0 Å². The Bertz CT molecular complexity index is 409. The molecule has 0 aromatic heterocycles. The van der Waals surface area contributed by atoms with Gasteiger partial charge in [-0.15, -0.1) is 0 Å². The molecular weight excluding hydrogens is 259 g/mol. The van der Waals surface area contributed by atoms with Gasteiger partial charge in [0.2, 0.25) is 0 Å². The van der Waals surface area contributed by atoms with Crippen molar-refractivity contribution in [2.75, 3.05) is 13.7 Å². The number of methoxy groups -OCH3 is 1. The maximum absolute atomic E-state index is 12.5. The van der Waals surface area contributed by atoms with E-state index in [1.165, 1.54) is 7.11 Å². The molecule has 0 fully saturated rings. The highest BCUT2D eigenvalue weighted by Gasteiger charge is 2.33. The van der Waals surface area contributed by atoms with Gasteiger partial charge in [-0.3, -0.25) is 0 Å².